The monoisotopic (exact) mass is 291 g/mol. The Kier molecular flexibility index (Phi) is 2.89. The van der Waals surface area contributed by atoms with Crippen molar-refractivity contribution in [3.63, 3.8) is 0 Å². The molecule has 6 unspecified atom stereocenters. The van der Waals surface area contributed by atoms with Crippen molar-refractivity contribution < 1.29 is 14.7 Å². The molecule has 0 radical (unpaired) electrons. The zero-order valence-electron chi connectivity index (χ0n) is 12.7. The zero-order valence-corrected chi connectivity index (χ0v) is 12.7. The smallest absolute Gasteiger partial charge is 0.329 e. The van der Waals surface area contributed by atoms with Crippen LogP contribution in [0.5, 0.6) is 0 Å². The molecule has 0 spiro atoms. The molecule has 21 heavy (non-hydrogen) atoms. The third kappa shape index (κ3) is 1.80. The molecule has 0 aliphatic heterocycles. The van der Waals surface area contributed by atoms with Gasteiger partial charge in [0.1, 0.15) is 5.54 Å². The number of hydrogen-bond acceptors (Lipinski definition) is 2. The third-order valence-corrected chi connectivity index (χ3v) is 7.07. The fraction of sp³-hybridized carbons (Fsp3) is 0.882. The van der Waals surface area contributed by atoms with Crippen LogP contribution >= 0.6 is 0 Å². The van der Waals surface area contributed by atoms with Gasteiger partial charge < -0.3 is 10.4 Å². The minimum Gasteiger partial charge on any atom is -0.479 e. The average Bonchev–Trinajstić information content (AvgIpc) is 2.90. The molecular weight excluding hydrogens is 266 g/mol. The second kappa shape index (κ2) is 4.47. The summed E-state index contributed by atoms with van der Waals surface area (Å²) < 4.78 is 0. The molecule has 2 N–H and O–H groups in total. The lowest BCUT2D eigenvalue weighted by molar-refractivity contribution is -0.152. The number of aliphatic carboxylic acids is 1. The molecule has 4 fully saturated rings. The molecule has 4 aliphatic rings. The molecule has 0 aromatic carbocycles. The van der Waals surface area contributed by atoms with E-state index in [4.69, 9.17) is 0 Å². The second-order valence-corrected chi connectivity index (χ2v) is 7.93. The zero-order chi connectivity index (χ0) is 14.8. The first-order chi connectivity index (χ1) is 10.0. The van der Waals surface area contributed by atoms with Crippen molar-refractivity contribution in [2.75, 3.05) is 0 Å². The summed E-state index contributed by atoms with van der Waals surface area (Å²) in [5.74, 6) is 2.02. The quantitative estimate of drug-likeness (QED) is 0.839. The van der Waals surface area contributed by atoms with E-state index in [1.807, 2.05) is 6.92 Å². The maximum Gasteiger partial charge on any atom is 0.329 e. The Bertz CT molecular complexity index is 474. The van der Waals surface area contributed by atoms with Gasteiger partial charge in [-0.1, -0.05) is 19.8 Å². The van der Waals surface area contributed by atoms with Gasteiger partial charge >= 0.3 is 5.97 Å². The van der Waals surface area contributed by atoms with Crippen LogP contribution in [0.25, 0.3) is 0 Å². The first-order valence-corrected chi connectivity index (χ1v) is 8.60. The number of carbonyl (C=O) groups is 2. The topological polar surface area (TPSA) is 66.4 Å². The molecule has 0 aromatic rings. The Labute approximate surface area is 125 Å². The summed E-state index contributed by atoms with van der Waals surface area (Å²) in [5, 5.41) is 12.7. The summed E-state index contributed by atoms with van der Waals surface area (Å²) >= 11 is 0. The standard InChI is InChI=1S/C17H25NO3/c1-9-4-2-3-7-17(9,16(20)21)18-15(19)14-12-10-5-6-11(8-10)13(12)14/h9-14H,2-8H2,1H3,(H,18,19)(H,20,21). The molecule has 0 heterocycles. The van der Waals surface area contributed by atoms with Gasteiger partial charge in [0.2, 0.25) is 5.91 Å². The molecular formula is C17H25NO3. The summed E-state index contributed by atoms with van der Waals surface area (Å²) in [6, 6.07) is 0. The summed E-state index contributed by atoms with van der Waals surface area (Å²) in [4.78, 5) is 24.5. The van der Waals surface area contributed by atoms with Crippen LogP contribution in [0, 0.1) is 35.5 Å². The van der Waals surface area contributed by atoms with Gasteiger partial charge in [0, 0.05) is 5.92 Å². The minimum absolute atomic E-state index is 0.0306. The summed E-state index contributed by atoms with van der Waals surface area (Å²) in [5.41, 5.74) is -1.01. The maximum absolute atomic E-state index is 12.7. The lowest BCUT2D eigenvalue weighted by Crippen LogP contribution is -2.60. The number of carbonyl (C=O) groups excluding carboxylic acids is 1. The highest BCUT2D eigenvalue weighted by Gasteiger charge is 2.68. The van der Waals surface area contributed by atoms with Crippen LogP contribution in [0.1, 0.15) is 51.9 Å². The molecule has 4 aliphatic carbocycles. The number of fused-ring (bicyclic) bond motifs is 5. The Morgan fingerprint density at radius 3 is 2.33 bits per heavy atom. The predicted octanol–water partition coefficient (Wildman–Crippen LogP) is 2.43. The Balaban J connectivity index is 1.49. The van der Waals surface area contributed by atoms with E-state index in [0.29, 0.717) is 18.3 Å². The van der Waals surface area contributed by atoms with Gasteiger partial charge in [0.25, 0.3) is 0 Å². The fourth-order valence-corrected chi connectivity index (χ4v) is 5.88. The van der Waals surface area contributed by atoms with E-state index in [2.05, 4.69) is 5.32 Å². The summed E-state index contributed by atoms with van der Waals surface area (Å²) in [6.07, 6.45) is 7.36. The maximum atomic E-state index is 12.7. The van der Waals surface area contributed by atoms with Crippen molar-refractivity contribution in [1.82, 2.24) is 5.32 Å². The Hall–Kier alpha value is -1.06. The van der Waals surface area contributed by atoms with E-state index in [-0.39, 0.29) is 17.7 Å². The highest BCUT2D eigenvalue weighted by Crippen LogP contribution is 2.69. The van der Waals surface area contributed by atoms with Gasteiger partial charge in [-0.15, -0.1) is 0 Å². The molecule has 1 amide bonds. The number of hydrogen-bond donors (Lipinski definition) is 2. The van der Waals surface area contributed by atoms with Gasteiger partial charge in [-0.05, 0) is 61.7 Å². The van der Waals surface area contributed by atoms with Crippen molar-refractivity contribution in [3.8, 4) is 0 Å². The summed E-state index contributed by atoms with van der Waals surface area (Å²) in [6.45, 7) is 1.98. The van der Waals surface area contributed by atoms with E-state index in [1.54, 1.807) is 0 Å². The average molecular weight is 291 g/mol. The third-order valence-electron chi connectivity index (χ3n) is 7.07. The van der Waals surface area contributed by atoms with Crippen LogP contribution in [0.3, 0.4) is 0 Å². The van der Waals surface area contributed by atoms with Crippen LogP contribution in [-0.4, -0.2) is 22.5 Å². The second-order valence-electron chi connectivity index (χ2n) is 7.93. The molecule has 0 saturated heterocycles. The van der Waals surface area contributed by atoms with Crippen molar-refractivity contribution in [2.24, 2.45) is 35.5 Å². The van der Waals surface area contributed by atoms with Crippen molar-refractivity contribution in [1.29, 1.82) is 0 Å². The van der Waals surface area contributed by atoms with E-state index >= 15 is 0 Å². The van der Waals surface area contributed by atoms with Crippen molar-refractivity contribution in [2.45, 2.75) is 57.4 Å². The number of carboxylic acids is 1. The van der Waals surface area contributed by atoms with Gasteiger partial charge in [0.05, 0.1) is 0 Å². The van der Waals surface area contributed by atoms with Gasteiger partial charge in [0.15, 0.2) is 0 Å². The normalized spacial score (nSPS) is 50.5. The van der Waals surface area contributed by atoms with E-state index < -0.39 is 11.5 Å². The van der Waals surface area contributed by atoms with Crippen LogP contribution in [0.2, 0.25) is 0 Å². The number of nitrogens with one attached hydrogen (secondary N) is 1. The molecule has 2 bridgehead atoms. The molecule has 0 aromatic heterocycles. The van der Waals surface area contributed by atoms with Gasteiger partial charge in [-0.2, -0.15) is 0 Å². The molecule has 6 atom stereocenters. The first kappa shape index (κ1) is 13.6. The lowest BCUT2D eigenvalue weighted by Gasteiger charge is -2.39. The lowest BCUT2D eigenvalue weighted by atomic mass is 9.73. The molecule has 4 heteroatoms. The predicted molar refractivity (Wildman–Crippen MR) is 77.4 cm³/mol. The van der Waals surface area contributed by atoms with Crippen LogP contribution in [-0.2, 0) is 9.59 Å². The van der Waals surface area contributed by atoms with Gasteiger partial charge in [-0.25, -0.2) is 4.79 Å². The minimum atomic E-state index is -1.01. The SMILES string of the molecule is CC1CCCCC1(NC(=O)C1C2C3CCC(C3)C12)C(=O)O. The summed E-state index contributed by atoms with van der Waals surface area (Å²) in [7, 11) is 0. The molecule has 4 nitrogen and oxygen atoms in total. The highest BCUT2D eigenvalue weighted by atomic mass is 16.4. The number of amides is 1. The van der Waals surface area contributed by atoms with Gasteiger partial charge in [-0.3, -0.25) is 4.79 Å². The molecule has 116 valence electrons. The van der Waals surface area contributed by atoms with Crippen molar-refractivity contribution in [3.05, 3.63) is 0 Å². The van der Waals surface area contributed by atoms with Crippen LogP contribution in [0.4, 0.5) is 0 Å². The van der Waals surface area contributed by atoms with E-state index in [1.165, 1.54) is 19.3 Å². The van der Waals surface area contributed by atoms with Crippen molar-refractivity contribution >= 4 is 11.9 Å². The largest absolute Gasteiger partial charge is 0.479 e. The molecule has 4 rings (SSSR count). The van der Waals surface area contributed by atoms with Crippen LogP contribution in [0.15, 0.2) is 0 Å². The van der Waals surface area contributed by atoms with E-state index in [9.17, 15) is 14.7 Å². The number of carboxylic acid groups (broad SMARTS) is 1. The van der Waals surface area contributed by atoms with E-state index in [0.717, 1.165) is 31.1 Å². The first-order valence-electron chi connectivity index (χ1n) is 8.60. The van der Waals surface area contributed by atoms with Crippen LogP contribution < -0.4 is 5.32 Å². The Morgan fingerprint density at radius 1 is 1.10 bits per heavy atom. The Morgan fingerprint density at radius 2 is 1.76 bits per heavy atom. The fourth-order valence-electron chi connectivity index (χ4n) is 5.88. The number of rotatable bonds is 3. The molecule has 4 saturated carbocycles. The highest BCUT2D eigenvalue weighted by molar-refractivity contribution is 5.90.